The molecule has 0 aliphatic heterocycles. The molecule has 2 rings (SSSR count). The van der Waals surface area contributed by atoms with Crippen LogP contribution in [0.5, 0.6) is 0 Å². The van der Waals surface area contributed by atoms with E-state index in [0.29, 0.717) is 11.8 Å². The van der Waals surface area contributed by atoms with Crippen molar-refractivity contribution in [2.75, 3.05) is 18.5 Å². The number of likely N-dealkylation sites (N-methyl/N-ethyl adjacent to an activating group) is 1. The Morgan fingerprint density at radius 2 is 2.10 bits per heavy atom. The quantitative estimate of drug-likeness (QED) is 0.732. The van der Waals surface area contributed by atoms with E-state index in [-0.39, 0.29) is 25.0 Å². The number of carbonyl (C=O) groups excluding carboxylic acids is 1. The van der Waals surface area contributed by atoms with Crippen molar-refractivity contribution in [2.24, 2.45) is 0 Å². The lowest BCUT2D eigenvalue weighted by Crippen LogP contribution is -2.28. The van der Waals surface area contributed by atoms with Crippen LogP contribution in [0.15, 0.2) is 23.0 Å². The van der Waals surface area contributed by atoms with Crippen LogP contribution in [0, 0.1) is 0 Å². The first kappa shape index (κ1) is 14.9. The average Bonchev–Trinajstić information content (AvgIpc) is 2.95. The van der Waals surface area contributed by atoms with Crippen LogP contribution < -0.4 is 4.90 Å². The number of aromatic nitrogens is 4. The second kappa shape index (κ2) is 6.78. The van der Waals surface area contributed by atoms with Gasteiger partial charge >= 0.3 is 5.97 Å². The molecule has 112 valence electrons. The van der Waals surface area contributed by atoms with Crippen LogP contribution in [0.3, 0.4) is 0 Å². The average molecular weight is 291 g/mol. The molecule has 0 spiro atoms. The van der Waals surface area contributed by atoms with E-state index in [1.54, 1.807) is 30.4 Å². The van der Waals surface area contributed by atoms with Gasteiger partial charge in [-0.25, -0.2) is 9.97 Å². The molecule has 2 heterocycles. The molecule has 0 aromatic carbocycles. The van der Waals surface area contributed by atoms with E-state index < -0.39 is 5.97 Å². The zero-order valence-corrected chi connectivity index (χ0v) is 12.2. The summed E-state index contributed by atoms with van der Waals surface area (Å²) in [7, 11) is 1.71. The number of hydrogen-bond acceptors (Lipinski definition) is 8. The zero-order valence-electron chi connectivity index (χ0n) is 12.2. The minimum absolute atomic E-state index is 0.0369. The van der Waals surface area contributed by atoms with Gasteiger partial charge in [-0.15, -0.1) is 0 Å². The zero-order chi connectivity index (χ0) is 15.2. The summed E-state index contributed by atoms with van der Waals surface area (Å²) < 4.78 is 10.1. The highest BCUT2D eigenvalue weighted by atomic mass is 16.6. The predicted octanol–water partition coefficient (Wildman–Crippen LogP) is 1.16. The van der Waals surface area contributed by atoms with Crippen molar-refractivity contribution < 1.29 is 14.1 Å². The van der Waals surface area contributed by atoms with E-state index in [2.05, 4.69) is 20.1 Å². The van der Waals surface area contributed by atoms with Crippen molar-refractivity contribution in [3.63, 3.8) is 0 Å². The van der Waals surface area contributed by atoms with Crippen molar-refractivity contribution >= 4 is 11.9 Å². The highest BCUT2D eigenvalue weighted by Crippen LogP contribution is 2.10. The lowest BCUT2D eigenvalue weighted by Gasteiger charge is -2.14. The van der Waals surface area contributed by atoms with Crippen molar-refractivity contribution in [3.05, 3.63) is 30.2 Å². The Morgan fingerprint density at radius 1 is 1.38 bits per heavy atom. The van der Waals surface area contributed by atoms with Gasteiger partial charge in [-0.3, -0.25) is 4.79 Å². The molecule has 21 heavy (non-hydrogen) atoms. The molecule has 2 aromatic rings. The van der Waals surface area contributed by atoms with Crippen molar-refractivity contribution in [3.8, 4) is 0 Å². The fraction of sp³-hybridized carbons (Fsp3) is 0.462. The number of carbonyl (C=O) groups is 1. The van der Waals surface area contributed by atoms with Gasteiger partial charge in [0, 0.05) is 25.4 Å². The van der Waals surface area contributed by atoms with Crippen LogP contribution in [0.2, 0.25) is 0 Å². The number of anilines is 1. The van der Waals surface area contributed by atoms with Gasteiger partial charge in [0.1, 0.15) is 6.54 Å². The fourth-order valence-electron chi connectivity index (χ4n) is 1.50. The van der Waals surface area contributed by atoms with Gasteiger partial charge in [-0.1, -0.05) is 19.0 Å². The maximum Gasteiger partial charge on any atom is 0.326 e. The first-order valence-electron chi connectivity index (χ1n) is 6.52. The lowest BCUT2D eigenvalue weighted by molar-refractivity contribution is -0.144. The first-order valence-corrected chi connectivity index (χ1v) is 6.52. The lowest BCUT2D eigenvalue weighted by atomic mass is 10.2. The summed E-state index contributed by atoms with van der Waals surface area (Å²) in [6, 6.07) is 1.71. The highest BCUT2D eigenvalue weighted by Gasteiger charge is 2.14. The summed E-state index contributed by atoms with van der Waals surface area (Å²) in [5.74, 6) is 1.07. The molecular weight excluding hydrogens is 274 g/mol. The van der Waals surface area contributed by atoms with Gasteiger partial charge in [0.25, 0.3) is 5.89 Å². The molecule has 0 unspecified atom stereocenters. The molecule has 0 saturated heterocycles. The molecule has 0 amide bonds. The summed E-state index contributed by atoms with van der Waals surface area (Å²) >= 11 is 0. The molecule has 0 fully saturated rings. The second-order valence-electron chi connectivity index (χ2n) is 4.77. The monoisotopic (exact) mass is 291 g/mol. The van der Waals surface area contributed by atoms with Gasteiger partial charge in [-0.05, 0) is 6.07 Å². The van der Waals surface area contributed by atoms with Crippen molar-refractivity contribution in [1.82, 2.24) is 20.1 Å². The van der Waals surface area contributed by atoms with Crippen LogP contribution in [0.25, 0.3) is 0 Å². The Hall–Kier alpha value is -2.51. The first-order chi connectivity index (χ1) is 10.1. The van der Waals surface area contributed by atoms with Gasteiger partial charge in [-0.2, -0.15) is 4.98 Å². The standard InChI is InChI=1S/C13H17N5O3/c1-9(2)12-16-10(21-17-12)8-20-11(19)7-18(3)13-14-5-4-6-15-13/h4-6,9H,7-8H2,1-3H3. The minimum Gasteiger partial charge on any atom is -0.454 e. The number of ether oxygens (including phenoxy) is 1. The topological polar surface area (TPSA) is 94.2 Å². The number of rotatable bonds is 6. The Kier molecular flexibility index (Phi) is 4.81. The smallest absolute Gasteiger partial charge is 0.326 e. The third-order valence-electron chi connectivity index (χ3n) is 2.62. The fourth-order valence-corrected chi connectivity index (χ4v) is 1.50. The van der Waals surface area contributed by atoms with E-state index >= 15 is 0 Å². The maximum atomic E-state index is 11.7. The number of nitrogens with zero attached hydrogens (tertiary/aromatic N) is 5. The van der Waals surface area contributed by atoms with E-state index in [1.807, 2.05) is 13.8 Å². The molecule has 8 nitrogen and oxygen atoms in total. The Morgan fingerprint density at radius 3 is 2.71 bits per heavy atom. The van der Waals surface area contributed by atoms with Gasteiger partial charge in [0.05, 0.1) is 0 Å². The third kappa shape index (κ3) is 4.23. The minimum atomic E-state index is -0.422. The SMILES string of the molecule is CC(C)c1noc(COC(=O)CN(C)c2ncccn2)n1. The van der Waals surface area contributed by atoms with E-state index in [9.17, 15) is 4.79 Å². The molecule has 0 aliphatic rings. The Bertz CT molecular complexity index is 585. The Balaban J connectivity index is 1.82. The molecule has 0 N–H and O–H groups in total. The summed E-state index contributed by atoms with van der Waals surface area (Å²) in [6.45, 7) is 3.90. The van der Waals surface area contributed by atoms with Crippen LogP contribution >= 0.6 is 0 Å². The maximum absolute atomic E-state index is 11.7. The van der Waals surface area contributed by atoms with Crippen LogP contribution in [0.4, 0.5) is 5.95 Å². The summed E-state index contributed by atoms with van der Waals surface area (Å²) in [5, 5.41) is 3.79. The number of esters is 1. The van der Waals surface area contributed by atoms with Crippen LogP contribution in [-0.4, -0.2) is 39.7 Å². The largest absolute Gasteiger partial charge is 0.454 e. The highest BCUT2D eigenvalue weighted by molar-refractivity contribution is 5.74. The van der Waals surface area contributed by atoms with E-state index in [4.69, 9.17) is 9.26 Å². The summed E-state index contributed by atoms with van der Waals surface area (Å²) in [4.78, 5) is 25.5. The summed E-state index contributed by atoms with van der Waals surface area (Å²) in [5.41, 5.74) is 0. The van der Waals surface area contributed by atoms with Crippen LogP contribution in [-0.2, 0) is 16.1 Å². The molecule has 0 aliphatic carbocycles. The van der Waals surface area contributed by atoms with Gasteiger partial charge in [0.15, 0.2) is 12.4 Å². The van der Waals surface area contributed by atoms with Crippen molar-refractivity contribution in [2.45, 2.75) is 26.4 Å². The van der Waals surface area contributed by atoms with E-state index in [0.717, 1.165) is 0 Å². The molecule has 2 aromatic heterocycles. The summed E-state index contributed by atoms with van der Waals surface area (Å²) in [6.07, 6.45) is 3.21. The predicted molar refractivity (Wildman–Crippen MR) is 73.5 cm³/mol. The molecule has 0 atom stereocenters. The number of hydrogen-bond donors (Lipinski definition) is 0. The van der Waals surface area contributed by atoms with Gasteiger partial charge in [0.2, 0.25) is 5.95 Å². The molecule has 0 bridgehead atoms. The second-order valence-corrected chi connectivity index (χ2v) is 4.77. The molecular formula is C13H17N5O3. The van der Waals surface area contributed by atoms with Crippen LogP contribution in [0.1, 0.15) is 31.5 Å². The van der Waals surface area contributed by atoms with Gasteiger partial charge < -0.3 is 14.2 Å². The third-order valence-corrected chi connectivity index (χ3v) is 2.62. The molecule has 0 radical (unpaired) electrons. The Labute approximate surface area is 122 Å². The normalized spacial score (nSPS) is 10.7. The van der Waals surface area contributed by atoms with E-state index in [1.165, 1.54) is 0 Å². The molecule has 0 saturated carbocycles. The van der Waals surface area contributed by atoms with Crippen molar-refractivity contribution in [1.29, 1.82) is 0 Å². The molecule has 8 heteroatoms.